The van der Waals surface area contributed by atoms with Crippen molar-refractivity contribution < 1.29 is 99.2 Å². The van der Waals surface area contributed by atoms with Crippen LogP contribution in [0.3, 0.4) is 0 Å². The molecule has 4 aliphatic carbocycles. The number of aliphatic hydroxyl groups is 12. The van der Waals surface area contributed by atoms with Gasteiger partial charge in [0.15, 0.2) is 24.7 Å². The summed E-state index contributed by atoms with van der Waals surface area (Å²) in [5.41, 5.74) is 0.525. The molecule has 0 spiro atoms. The number of methoxy groups -OCH3 is 1. The van der Waals surface area contributed by atoms with Gasteiger partial charge >= 0.3 is 0 Å². The van der Waals surface area contributed by atoms with E-state index in [2.05, 4.69) is 26.8 Å². The topological polar surface area (TPSA) is 317 Å². The molecule has 4 heterocycles. The molecule has 0 aromatic heterocycles. The van der Waals surface area contributed by atoms with E-state index in [1.54, 1.807) is 7.11 Å². The summed E-state index contributed by atoms with van der Waals surface area (Å²) in [7, 11) is 1.70. The van der Waals surface area contributed by atoms with Gasteiger partial charge in [-0.2, -0.15) is 0 Å². The summed E-state index contributed by atoms with van der Waals surface area (Å²) in [5, 5.41) is 126. The van der Waals surface area contributed by atoms with Crippen LogP contribution in [0.25, 0.3) is 0 Å². The van der Waals surface area contributed by atoms with Crippen molar-refractivity contribution in [2.24, 2.45) is 46.3 Å². The van der Waals surface area contributed by atoms with Crippen molar-refractivity contribution in [2.75, 3.05) is 33.5 Å². The lowest BCUT2D eigenvalue weighted by atomic mass is 9.46. The fraction of sp³-hybridized carbons (Fsp3) is 0.957. The van der Waals surface area contributed by atoms with Crippen LogP contribution in [0.4, 0.5) is 0 Å². The SMILES string of the molecule is COC1(CCC(C)COC2OC(CO)C(O)C(O)C2O)OC2CC3C4CC=C5CC(OC6OC(CO)C(OC7OC(CO)C(O)C(O)C7O)C(O)C6O)CC(O)C5(C)C4CCC3(C)C2C1C. The summed E-state index contributed by atoms with van der Waals surface area (Å²) in [6.45, 7) is 7.10. The summed E-state index contributed by atoms with van der Waals surface area (Å²) >= 11 is 0. The van der Waals surface area contributed by atoms with Crippen LogP contribution >= 0.6 is 0 Å². The van der Waals surface area contributed by atoms with Crippen LogP contribution in [0.15, 0.2) is 11.6 Å². The molecule has 0 radical (unpaired) electrons. The van der Waals surface area contributed by atoms with Crippen LogP contribution in [0.2, 0.25) is 0 Å². The van der Waals surface area contributed by atoms with E-state index < -0.39 is 135 Å². The molecule has 380 valence electrons. The molecule has 4 saturated heterocycles. The Balaban J connectivity index is 0.879. The minimum atomic E-state index is -1.78. The van der Waals surface area contributed by atoms with Crippen LogP contribution in [-0.2, 0) is 37.9 Å². The van der Waals surface area contributed by atoms with Gasteiger partial charge in [-0.1, -0.05) is 39.3 Å². The summed E-state index contributed by atoms with van der Waals surface area (Å²) in [6.07, 6.45) is -15.8. The van der Waals surface area contributed by atoms with E-state index in [1.165, 1.54) is 0 Å². The monoisotopic (exact) mass is 948 g/mol. The number of allylic oxidation sites excluding steroid dienone is 1. The largest absolute Gasteiger partial charge is 0.394 e. The van der Waals surface area contributed by atoms with E-state index >= 15 is 0 Å². The second-order valence-corrected chi connectivity index (χ2v) is 21.3. The Labute approximate surface area is 385 Å². The fourth-order valence-electron chi connectivity index (χ4n) is 13.9. The number of fused-ring (bicyclic) bond motifs is 7. The molecule has 27 unspecified atom stereocenters. The van der Waals surface area contributed by atoms with E-state index in [9.17, 15) is 61.3 Å². The molecule has 7 fully saturated rings. The molecule has 0 amide bonds. The average molecular weight is 949 g/mol. The Morgan fingerprint density at radius 3 is 1.95 bits per heavy atom. The molecule has 0 aromatic carbocycles. The third-order valence-electron chi connectivity index (χ3n) is 17.8. The first-order valence-electron chi connectivity index (χ1n) is 24.0. The van der Waals surface area contributed by atoms with Crippen molar-refractivity contribution in [1.82, 2.24) is 0 Å². The first-order chi connectivity index (χ1) is 31.3. The zero-order valence-corrected chi connectivity index (χ0v) is 38.6. The number of aliphatic hydroxyl groups excluding tert-OH is 12. The van der Waals surface area contributed by atoms with Crippen LogP contribution < -0.4 is 0 Å². The molecule has 3 saturated carbocycles. The normalized spacial score (nSPS) is 54.2. The predicted molar refractivity (Wildman–Crippen MR) is 225 cm³/mol. The molecule has 8 rings (SSSR count). The Bertz CT molecular complexity index is 1670. The molecule has 12 N–H and O–H groups in total. The molecule has 66 heavy (non-hydrogen) atoms. The molecule has 20 heteroatoms. The van der Waals surface area contributed by atoms with Crippen LogP contribution in [0.1, 0.15) is 79.1 Å². The Hall–Kier alpha value is -1.06. The molecular formula is C46H76O20. The van der Waals surface area contributed by atoms with E-state index in [-0.39, 0.29) is 48.2 Å². The number of hydrogen-bond acceptors (Lipinski definition) is 20. The summed E-state index contributed by atoms with van der Waals surface area (Å²) in [6, 6.07) is 0. The standard InChI is InChI=1S/C46H76O20/c1-19(18-60-41-37(56)34(53)32(51)27(15-47)62-41)8-11-46(59-5)20(2)31-26(66-46)14-25-23-7-6-21-12-22(13-30(50)45(21,4)24(23)9-10-44(25,31)3)61-42-39(58)36(55)40(29(17-49)64-42)65-43-38(57)35(54)33(52)28(16-48)63-43/h6,19-20,22-43,47-58H,7-18H2,1-5H3. The Kier molecular flexibility index (Phi) is 15.4. The second kappa shape index (κ2) is 19.9. The fourth-order valence-corrected chi connectivity index (χ4v) is 13.9. The quantitative estimate of drug-likeness (QED) is 0.0820. The third-order valence-corrected chi connectivity index (χ3v) is 17.8. The van der Waals surface area contributed by atoms with E-state index in [0.717, 1.165) is 31.3 Å². The number of hydrogen-bond donors (Lipinski definition) is 12. The van der Waals surface area contributed by atoms with Gasteiger partial charge in [-0.05, 0) is 73.5 Å². The van der Waals surface area contributed by atoms with Crippen LogP contribution in [0, 0.1) is 46.3 Å². The lowest BCUT2D eigenvalue weighted by molar-refractivity contribution is -0.363. The van der Waals surface area contributed by atoms with Crippen molar-refractivity contribution in [3.05, 3.63) is 11.6 Å². The highest BCUT2D eigenvalue weighted by Crippen LogP contribution is 2.70. The van der Waals surface area contributed by atoms with Crippen molar-refractivity contribution in [3.8, 4) is 0 Å². The first-order valence-corrected chi connectivity index (χ1v) is 24.0. The molecule has 27 atom stereocenters. The smallest absolute Gasteiger partial charge is 0.187 e. The highest BCUT2D eigenvalue weighted by atomic mass is 16.7. The maximum Gasteiger partial charge on any atom is 0.187 e. The molecular weight excluding hydrogens is 872 g/mol. The summed E-state index contributed by atoms with van der Waals surface area (Å²) in [5.74, 6) is 0.391. The molecule has 8 aliphatic rings. The summed E-state index contributed by atoms with van der Waals surface area (Å²) in [4.78, 5) is 0. The van der Waals surface area contributed by atoms with E-state index in [4.69, 9.17) is 37.9 Å². The van der Waals surface area contributed by atoms with Crippen molar-refractivity contribution in [1.29, 1.82) is 0 Å². The maximum atomic E-state index is 12.1. The Morgan fingerprint density at radius 2 is 1.32 bits per heavy atom. The third kappa shape index (κ3) is 8.66. The lowest BCUT2D eigenvalue weighted by Crippen LogP contribution is -2.65. The summed E-state index contributed by atoms with van der Waals surface area (Å²) < 4.78 is 48.0. The van der Waals surface area contributed by atoms with Gasteiger partial charge in [-0.25, -0.2) is 0 Å². The minimum absolute atomic E-state index is 0.000279. The van der Waals surface area contributed by atoms with E-state index in [0.29, 0.717) is 31.1 Å². The highest BCUT2D eigenvalue weighted by molar-refractivity contribution is 5.28. The van der Waals surface area contributed by atoms with Crippen molar-refractivity contribution >= 4 is 0 Å². The molecule has 4 aliphatic heterocycles. The average Bonchev–Trinajstić information content (AvgIpc) is 3.76. The van der Waals surface area contributed by atoms with Gasteiger partial charge in [0.25, 0.3) is 0 Å². The zero-order valence-electron chi connectivity index (χ0n) is 38.6. The van der Waals surface area contributed by atoms with Gasteiger partial charge in [0.1, 0.15) is 73.2 Å². The highest BCUT2D eigenvalue weighted by Gasteiger charge is 2.69. The zero-order chi connectivity index (χ0) is 47.8. The minimum Gasteiger partial charge on any atom is -0.394 e. The molecule has 20 nitrogen and oxygen atoms in total. The van der Waals surface area contributed by atoms with Gasteiger partial charge in [0.2, 0.25) is 0 Å². The molecule has 0 bridgehead atoms. The number of rotatable bonds is 14. The first kappa shape index (κ1) is 51.3. The van der Waals surface area contributed by atoms with Crippen LogP contribution in [-0.4, -0.2) is 211 Å². The van der Waals surface area contributed by atoms with Crippen molar-refractivity contribution in [3.63, 3.8) is 0 Å². The molecule has 0 aromatic rings. The Morgan fingerprint density at radius 1 is 0.727 bits per heavy atom. The predicted octanol–water partition coefficient (Wildman–Crippen LogP) is -2.23. The van der Waals surface area contributed by atoms with Gasteiger partial charge in [-0.3, -0.25) is 0 Å². The van der Waals surface area contributed by atoms with Crippen LogP contribution in [0.5, 0.6) is 0 Å². The van der Waals surface area contributed by atoms with Gasteiger partial charge in [-0.15, -0.1) is 0 Å². The van der Waals surface area contributed by atoms with Gasteiger partial charge in [0, 0.05) is 31.3 Å². The number of ether oxygens (including phenoxy) is 8. The van der Waals surface area contributed by atoms with Gasteiger partial charge < -0.3 is 99.2 Å². The van der Waals surface area contributed by atoms with Crippen molar-refractivity contribution in [2.45, 2.75) is 195 Å². The second-order valence-electron chi connectivity index (χ2n) is 21.3. The van der Waals surface area contributed by atoms with Gasteiger partial charge in [0.05, 0.1) is 44.7 Å². The lowest BCUT2D eigenvalue weighted by Gasteiger charge is -2.60. The maximum absolute atomic E-state index is 12.1. The van der Waals surface area contributed by atoms with E-state index in [1.807, 2.05) is 6.92 Å².